The minimum absolute atomic E-state index is 0.0408. The fourth-order valence-electron chi connectivity index (χ4n) is 1.62. The molecule has 0 saturated heterocycles. The van der Waals surface area contributed by atoms with E-state index in [1.807, 2.05) is 20.8 Å². The van der Waals surface area contributed by atoms with Gasteiger partial charge in [0.05, 0.1) is 12.1 Å². The topological polar surface area (TPSA) is 55.5 Å². The lowest BCUT2D eigenvalue weighted by atomic mass is 9.82. The Balaban J connectivity index is 2.89. The van der Waals surface area contributed by atoms with Gasteiger partial charge in [0.2, 0.25) is 0 Å². The van der Waals surface area contributed by atoms with Crippen molar-refractivity contribution in [3.63, 3.8) is 0 Å². The van der Waals surface area contributed by atoms with E-state index in [2.05, 4.69) is 4.74 Å². The normalized spacial score (nSPS) is 15.6. The Morgan fingerprint density at radius 2 is 1.89 bits per heavy atom. The predicted molar refractivity (Wildman–Crippen MR) is 65.5 cm³/mol. The summed E-state index contributed by atoms with van der Waals surface area (Å²) in [5.41, 5.74) is 6.11. The minimum atomic E-state index is -2.87. The molecule has 18 heavy (non-hydrogen) atoms. The summed E-state index contributed by atoms with van der Waals surface area (Å²) in [6, 6.07) is 5.45. The quantitative estimate of drug-likeness (QED) is 0.874. The summed E-state index contributed by atoms with van der Waals surface area (Å²) >= 11 is 0. The van der Waals surface area contributed by atoms with Crippen molar-refractivity contribution in [3.05, 3.63) is 29.8 Å². The first kappa shape index (κ1) is 14.9. The first-order valence-corrected chi connectivity index (χ1v) is 5.70. The zero-order valence-corrected chi connectivity index (χ0v) is 10.7. The molecule has 0 bridgehead atoms. The smallest absolute Gasteiger partial charge is 0.387 e. The monoisotopic (exact) mass is 259 g/mol. The van der Waals surface area contributed by atoms with Crippen molar-refractivity contribution in [2.24, 2.45) is 11.1 Å². The minimum Gasteiger partial charge on any atom is -0.435 e. The highest BCUT2D eigenvalue weighted by molar-refractivity contribution is 5.31. The number of ether oxygens (including phenoxy) is 1. The maximum atomic E-state index is 12.1. The molecule has 0 radical (unpaired) electrons. The number of hydrogen-bond donors (Lipinski definition) is 2. The van der Waals surface area contributed by atoms with Gasteiger partial charge in [-0.15, -0.1) is 0 Å². The molecule has 0 aliphatic carbocycles. The average molecular weight is 259 g/mol. The van der Waals surface area contributed by atoms with Gasteiger partial charge in [-0.25, -0.2) is 0 Å². The Labute approximate surface area is 106 Å². The summed E-state index contributed by atoms with van der Waals surface area (Å²) in [7, 11) is 0. The van der Waals surface area contributed by atoms with Gasteiger partial charge in [-0.3, -0.25) is 0 Å². The number of benzene rings is 1. The summed E-state index contributed by atoms with van der Waals surface area (Å²) in [4.78, 5) is 0. The molecule has 0 heterocycles. The molecular formula is C13H19F2NO2. The van der Waals surface area contributed by atoms with Crippen LogP contribution in [0.4, 0.5) is 8.78 Å². The predicted octanol–water partition coefficient (Wildman–Crippen LogP) is 2.69. The zero-order valence-electron chi connectivity index (χ0n) is 10.7. The molecule has 0 amide bonds. The summed E-state index contributed by atoms with van der Waals surface area (Å²) in [5.74, 6) is 0.0408. The van der Waals surface area contributed by atoms with Crippen LogP contribution in [0.5, 0.6) is 5.75 Å². The molecule has 0 saturated carbocycles. The van der Waals surface area contributed by atoms with Crippen molar-refractivity contribution in [2.75, 3.05) is 0 Å². The molecular weight excluding hydrogens is 240 g/mol. The molecule has 2 atom stereocenters. The Kier molecular flexibility index (Phi) is 4.65. The molecule has 3 nitrogen and oxygen atoms in total. The molecule has 0 aromatic heterocycles. The van der Waals surface area contributed by atoms with Crippen molar-refractivity contribution < 1.29 is 18.6 Å². The van der Waals surface area contributed by atoms with E-state index in [0.29, 0.717) is 5.56 Å². The molecule has 102 valence electrons. The third-order valence-electron chi connectivity index (χ3n) is 2.70. The first-order chi connectivity index (χ1) is 8.21. The lowest BCUT2D eigenvalue weighted by Crippen LogP contribution is -2.36. The molecule has 0 unspecified atom stereocenters. The lowest BCUT2D eigenvalue weighted by Gasteiger charge is -2.31. The summed E-state index contributed by atoms with van der Waals surface area (Å²) in [5, 5.41) is 10.1. The molecule has 1 aromatic rings. The van der Waals surface area contributed by atoms with Gasteiger partial charge in [-0.05, 0) is 23.1 Å². The van der Waals surface area contributed by atoms with Crippen molar-refractivity contribution in [2.45, 2.75) is 39.5 Å². The number of aliphatic hydroxyl groups is 1. The van der Waals surface area contributed by atoms with Crippen LogP contribution in [0.25, 0.3) is 0 Å². The van der Waals surface area contributed by atoms with E-state index in [1.165, 1.54) is 12.1 Å². The summed E-state index contributed by atoms with van der Waals surface area (Å²) < 4.78 is 28.5. The number of rotatable bonds is 4. The van der Waals surface area contributed by atoms with Crippen LogP contribution in [0.2, 0.25) is 0 Å². The van der Waals surface area contributed by atoms with E-state index in [9.17, 15) is 13.9 Å². The van der Waals surface area contributed by atoms with Crippen LogP contribution in [0.3, 0.4) is 0 Å². The van der Waals surface area contributed by atoms with Crippen LogP contribution in [0.1, 0.15) is 32.4 Å². The Morgan fingerprint density at radius 3 is 2.39 bits per heavy atom. The maximum Gasteiger partial charge on any atom is 0.387 e. The van der Waals surface area contributed by atoms with E-state index < -0.39 is 18.8 Å². The van der Waals surface area contributed by atoms with Gasteiger partial charge in [-0.1, -0.05) is 32.9 Å². The fraction of sp³-hybridized carbons (Fsp3) is 0.538. The molecule has 0 fully saturated rings. The third kappa shape index (κ3) is 3.92. The second-order valence-electron chi connectivity index (χ2n) is 5.29. The van der Waals surface area contributed by atoms with Crippen molar-refractivity contribution in [1.82, 2.24) is 0 Å². The first-order valence-electron chi connectivity index (χ1n) is 5.70. The fourth-order valence-corrected chi connectivity index (χ4v) is 1.62. The standard InChI is InChI=1S/C13H19F2NO2/c1-13(2,3)11(17)10(16)8-5-4-6-9(7-8)18-12(14)15/h4-7,10-12,17H,16H2,1-3H3/t10-,11-/m1/s1. The SMILES string of the molecule is CC(C)(C)[C@H](O)[C@H](N)c1cccc(OC(F)F)c1. The van der Waals surface area contributed by atoms with Crippen LogP contribution < -0.4 is 10.5 Å². The number of hydrogen-bond acceptors (Lipinski definition) is 3. The average Bonchev–Trinajstić information content (AvgIpc) is 2.25. The number of aliphatic hydroxyl groups excluding tert-OH is 1. The lowest BCUT2D eigenvalue weighted by molar-refractivity contribution is -0.0499. The van der Waals surface area contributed by atoms with Crippen LogP contribution >= 0.6 is 0 Å². The molecule has 3 N–H and O–H groups in total. The number of halogens is 2. The van der Waals surface area contributed by atoms with Gasteiger partial charge in [0, 0.05) is 0 Å². The number of nitrogens with two attached hydrogens (primary N) is 1. The van der Waals surface area contributed by atoms with Gasteiger partial charge in [-0.2, -0.15) is 8.78 Å². The molecule has 5 heteroatoms. The molecule has 1 aromatic carbocycles. The summed E-state index contributed by atoms with van der Waals surface area (Å²) in [6.07, 6.45) is -0.778. The van der Waals surface area contributed by atoms with Crippen LogP contribution in [0, 0.1) is 5.41 Å². The third-order valence-corrected chi connectivity index (χ3v) is 2.70. The van der Waals surface area contributed by atoms with E-state index in [0.717, 1.165) is 0 Å². The second-order valence-corrected chi connectivity index (χ2v) is 5.29. The van der Waals surface area contributed by atoms with Crippen LogP contribution in [0.15, 0.2) is 24.3 Å². The van der Waals surface area contributed by atoms with Crippen LogP contribution in [-0.2, 0) is 0 Å². The summed E-state index contributed by atoms with van der Waals surface area (Å²) in [6.45, 7) is 2.70. The Bertz CT molecular complexity index is 391. The molecule has 0 spiro atoms. The second kappa shape index (κ2) is 5.63. The Hall–Kier alpha value is -1.20. The van der Waals surface area contributed by atoms with Crippen molar-refractivity contribution in [3.8, 4) is 5.75 Å². The molecule has 1 rings (SSSR count). The van der Waals surface area contributed by atoms with Gasteiger partial charge in [0.25, 0.3) is 0 Å². The molecule has 0 aliphatic heterocycles. The van der Waals surface area contributed by atoms with Gasteiger partial charge < -0.3 is 15.6 Å². The zero-order chi connectivity index (χ0) is 13.9. The highest BCUT2D eigenvalue weighted by Gasteiger charge is 2.29. The van der Waals surface area contributed by atoms with Gasteiger partial charge in [0.1, 0.15) is 5.75 Å². The Morgan fingerprint density at radius 1 is 1.28 bits per heavy atom. The van der Waals surface area contributed by atoms with Crippen molar-refractivity contribution >= 4 is 0 Å². The van der Waals surface area contributed by atoms with Crippen molar-refractivity contribution in [1.29, 1.82) is 0 Å². The van der Waals surface area contributed by atoms with Gasteiger partial charge in [0.15, 0.2) is 0 Å². The van der Waals surface area contributed by atoms with E-state index in [4.69, 9.17) is 5.73 Å². The number of alkyl halides is 2. The molecule has 0 aliphatic rings. The highest BCUT2D eigenvalue weighted by Crippen LogP contribution is 2.30. The maximum absolute atomic E-state index is 12.1. The van der Waals surface area contributed by atoms with Crippen LogP contribution in [-0.4, -0.2) is 17.8 Å². The van der Waals surface area contributed by atoms with Gasteiger partial charge >= 0.3 is 6.61 Å². The van der Waals surface area contributed by atoms with E-state index in [-0.39, 0.29) is 11.2 Å². The largest absolute Gasteiger partial charge is 0.435 e. The highest BCUT2D eigenvalue weighted by atomic mass is 19.3. The van der Waals surface area contributed by atoms with E-state index >= 15 is 0 Å². The van der Waals surface area contributed by atoms with E-state index in [1.54, 1.807) is 12.1 Å².